The minimum atomic E-state index is -0.451. The van der Waals surface area contributed by atoms with E-state index in [1.807, 2.05) is 18.7 Å². The summed E-state index contributed by atoms with van der Waals surface area (Å²) in [4.78, 5) is 26.7. The average molecular weight is 296 g/mol. The van der Waals surface area contributed by atoms with E-state index >= 15 is 0 Å². The van der Waals surface area contributed by atoms with E-state index in [0.29, 0.717) is 13.0 Å². The molecular weight excluding hydrogens is 268 g/mol. The molecule has 2 amide bonds. The number of rotatable bonds is 3. The Labute approximate surface area is 127 Å². The lowest BCUT2D eigenvalue weighted by Gasteiger charge is -2.32. The predicted molar refractivity (Wildman–Crippen MR) is 80.4 cm³/mol. The highest BCUT2D eigenvalue weighted by molar-refractivity contribution is 5.89. The normalized spacial score (nSPS) is 33.3. The van der Waals surface area contributed by atoms with E-state index in [4.69, 9.17) is 4.74 Å². The quantitative estimate of drug-likeness (QED) is 0.865. The lowest BCUT2D eigenvalue weighted by atomic mass is 9.85. The molecule has 0 aromatic heterocycles. The van der Waals surface area contributed by atoms with Gasteiger partial charge in [0, 0.05) is 18.4 Å². The first-order chi connectivity index (χ1) is 9.77. The standard InChI is InChI=1S/C16H28N2O3/c1-6-10(2)14(19)17-12-7-8-21-13-9-16(4,5)11(3)18(13)15(12)20/h10-13H,6-9H2,1-5H3,(H,17,19)/t10-,11?,12+,13+/m1/s1. The molecule has 2 aliphatic heterocycles. The van der Waals surface area contributed by atoms with Crippen LogP contribution in [0.15, 0.2) is 0 Å². The second-order valence-corrected chi connectivity index (χ2v) is 7.10. The molecule has 21 heavy (non-hydrogen) atoms. The molecule has 1 unspecified atom stereocenters. The van der Waals surface area contributed by atoms with Gasteiger partial charge in [0.05, 0.1) is 6.61 Å². The molecule has 0 bridgehead atoms. The number of hydrogen-bond donors (Lipinski definition) is 1. The van der Waals surface area contributed by atoms with E-state index < -0.39 is 6.04 Å². The van der Waals surface area contributed by atoms with Crippen molar-refractivity contribution >= 4 is 11.8 Å². The van der Waals surface area contributed by atoms with E-state index in [2.05, 4.69) is 26.1 Å². The number of ether oxygens (including phenoxy) is 1. The SMILES string of the molecule is CC[C@@H](C)C(=O)N[C@H]1CCO[C@H]2CC(C)(C)C(C)N2C1=O. The fraction of sp³-hybridized carbons (Fsp3) is 0.875. The maximum absolute atomic E-state index is 12.8. The monoisotopic (exact) mass is 296 g/mol. The van der Waals surface area contributed by atoms with Gasteiger partial charge >= 0.3 is 0 Å². The van der Waals surface area contributed by atoms with Crippen molar-refractivity contribution in [1.82, 2.24) is 10.2 Å². The molecular formula is C16H28N2O3. The Morgan fingerprint density at radius 2 is 2.19 bits per heavy atom. The zero-order valence-corrected chi connectivity index (χ0v) is 13.8. The van der Waals surface area contributed by atoms with Gasteiger partial charge < -0.3 is 15.0 Å². The van der Waals surface area contributed by atoms with Crippen molar-refractivity contribution < 1.29 is 14.3 Å². The Morgan fingerprint density at radius 3 is 2.81 bits per heavy atom. The van der Waals surface area contributed by atoms with Gasteiger partial charge in [-0.1, -0.05) is 27.7 Å². The van der Waals surface area contributed by atoms with Crippen molar-refractivity contribution in [3.05, 3.63) is 0 Å². The minimum absolute atomic E-state index is 0.00669. The van der Waals surface area contributed by atoms with Crippen LogP contribution in [0.25, 0.3) is 0 Å². The van der Waals surface area contributed by atoms with Gasteiger partial charge in [0.15, 0.2) is 0 Å². The molecule has 2 heterocycles. The number of hydrogen-bond acceptors (Lipinski definition) is 3. The zero-order chi connectivity index (χ0) is 15.8. The van der Waals surface area contributed by atoms with Crippen LogP contribution in [-0.2, 0) is 14.3 Å². The predicted octanol–water partition coefficient (Wildman–Crippen LogP) is 1.91. The van der Waals surface area contributed by atoms with Crippen LogP contribution in [-0.4, -0.2) is 41.6 Å². The summed E-state index contributed by atoms with van der Waals surface area (Å²) in [6, 6.07) is -0.330. The van der Waals surface area contributed by atoms with Crippen LogP contribution in [0.1, 0.15) is 53.9 Å². The van der Waals surface area contributed by atoms with Crippen molar-refractivity contribution in [2.24, 2.45) is 11.3 Å². The van der Waals surface area contributed by atoms with Crippen molar-refractivity contribution in [1.29, 1.82) is 0 Å². The molecule has 0 spiro atoms. The number of nitrogens with zero attached hydrogens (tertiary/aromatic N) is 1. The molecule has 0 radical (unpaired) electrons. The fourth-order valence-corrected chi connectivity index (χ4v) is 3.08. The maximum atomic E-state index is 12.8. The van der Waals surface area contributed by atoms with Crippen LogP contribution in [0, 0.1) is 11.3 Å². The number of carbonyl (C=O) groups is 2. The molecule has 2 rings (SSSR count). The van der Waals surface area contributed by atoms with Crippen LogP contribution >= 0.6 is 0 Å². The van der Waals surface area contributed by atoms with Crippen molar-refractivity contribution in [3.8, 4) is 0 Å². The Balaban J connectivity index is 2.12. The van der Waals surface area contributed by atoms with Crippen LogP contribution in [0.4, 0.5) is 0 Å². The molecule has 2 aliphatic rings. The van der Waals surface area contributed by atoms with Gasteiger partial charge in [-0.15, -0.1) is 0 Å². The first-order valence-corrected chi connectivity index (χ1v) is 8.02. The van der Waals surface area contributed by atoms with Gasteiger partial charge in [-0.3, -0.25) is 9.59 Å². The van der Waals surface area contributed by atoms with Gasteiger partial charge in [0.1, 0.15) is 12.3 Å². The van der Waals surface area contributed by atoms with Gasteiger partial charge in [0.2, 0.25) is 11.8 Å². The third-order valence-electron chi connectivity index (χ3n) is 5.20. The third kappa shape index (κ3) is 3.07. The minimum Gasteiger partial charge on any atom is -0.358 e. The number of fused-ring (bicyclic) bond motifs is 1. The van der Waals surface area contributed by atoms with Crippen LogP contribution in [0.5, 0.6) is 0 Å². The molecule has 0 aromatic carbocycles. The Bertz CT molecular complexity index is 422. The molecule has 4 atom stereocenters. The lowest BCUT2D eigenvalue weighted by Crippen LogP contribution is -2.52. The summed E-state index contributed by atoms with van der Waals surface area (Å²) in [5.41, 5.74) is 0.0446. The largest absolute Gasteiger partial charge is 0.358 e. The highest BCUT2D eigenvalue weighted by Crippen LogP contribution is 2.41. The van der Waals surface area contributed by atoms with E-state index in [0.717, 1.165) is 12.8 Å². The second kappa shape index (κ2) is 5.95. The second-order valence-electron chi connectivity index (χ2n) is 7.10. The Kier molecular flexibility index (Phi) is 4.61. The van der Waals surface area contributed by atoms with Gasteiger partial charge in [-0.25, -0.2) is 0 Å². The van der Waals surface area contributed by atoms with E-state index in [9.17, 15) is 9.59 Å². The average Bonchev–Trinajstić information content (AvgIpc) is 2.55. The Hall–Kier alpha value is -1.10. The Morgan fingerprint density at radius 1 is 1.52 bits per heavy atom. The molecule has 0 aromatic rings. The summed E-state index contributed by atoms with van der Waals surface area (Å²) in [5, 5.41) is 2.91. The topological polar surface area (TPSA) is 58.6 Å². The molecule has 5 heteroatoms. The summed E-state index contributed by atoms with van der Waals surface area (Å²) in [7, 11) is 0. The first kappa shape index (κ1) is 16.3. The molecule has 120 valence electrons. The van der Waals surface area contributed by atoms with Gasteiger partial charge in [-0.2, -0.15) is 0 Å². The first-order valence-electron chi connectivity index (χ1n) is 8.02. The molecule has 2 saturated heterocycles. The number of nitrogens with one attached hydrogen (secondary N) is 1. The third-order valence-corrected chi connectivity index (χ3v) is 5.20. The summed E-state index contributed by atoms with van der Waals surface area (Å²) in [6.45, 7) is 10.8. The highest BCUT2D eigenvalue weighted by atomic mass is 16.5. The highest BCUT2D eigenvalue weighted by Gasteiger charge is 2.49. The van der Waals surface area contributed by atoms with Crippen LogP contribution in [0.3, 0.4) is 0 Å². The summed E-state index contributed by atoms with van der Waals surface area (Å²) < 4.78 is 5.86. The fourth-order valence-electron chi connectivity index (χ4n) is 3.08. The summed E-state index contributed by atoms with van der Waals surface area (Å²) in [6.07, 6.45) is 2.04. The molecule has 5 nitrogen and oxygen atoms in total. The zero-order valence-electron chi connectivity index (χ0n) is 13.8. The van der Waals surface area contributed by atoms with Crippen molar-refractivity contribution in [2.75, 3.05) is 6.61 Å². The molecule has 1 N–H and O–H groups in total. The van der Waals surface area contributed by atoms with Gasteiger partial charge in [0.25, 0.3) is 0 Å². The van der Waals surface area contributed by atoms with E-state index in [1.165, 1.54) is 0 Å². The van der Waals surface area contributed by atoms with Crippen LogP contribution < -0.4 is 5.32 Å². The number of amides is 2. The van der Waals surface area contributed by atoms with E-state index in [1.54, 1.807) is 0 Å². The van der Waals surface area contributed by atoms with Crippen molar-refractivity contribution in [2.45, 2.75) is 72.2 Å². The van der Waals surface area contributed by atoms with E-state index in [-0.39, 0.29) is 35.4 Å². The van der Waals surface area contributed by atoms with Crippen molar-refractivity contribution in [3.63, 3.8) is 0 Å². The van der Waals surface area contributed by atoms with Crippen LogP contribution in [0.2, 0.25) is 0 Å². The summed E-state index contributed by atoms with van der Waals surface area (Å²) >= 11 is 0. The number of carbonyl (C=O) groups excluding carboxylic acids is 2. The summed E-state index contributed by atoms with van der Waals surface area (Å²) in [5.74, 6) is -0.0992. The molecule has 0 aliphatic carbocycles. The smallest absolute Gasteiger partial charge is 0.247 e. The maximum Gasteiger partial charge on any atom is 0.247 e. The van der Waals surface area contributed by atoms with Gasteiger partial charge in [-0.05, 0) is 25.2 Å². The molecule has 0 saturated carbocycles. The lowest BCUT2D eigenvalue weighted by molar-refractivity contribution is -0.144. The molecule has 2 fully saturated rings.